The van der Waals surface area contributed by atoms with Gasteiger partial charge in [0.05, 0.1) is 4.90 Å². The number of carbonyl (C=O) groups excluding carboxylic acids is 1. The highest BCUT2D eigenvalue weighted by atomic mass is 35.5. The topological polar surface area (TPSA) is 66.5 Å². The summed E-state index contributed by atoms with van der Waals surface area (Å²) < 4.78 is 26.8. The Morgan fingerprint density at radius 1 is 1.08 bits per heavy atom. The predicted octanol–water partition coefficient (Wildman–Crippen LogP) is 2.91. The lowest BCUT2D eigenvalue weighted by Gasteiger charge is -2.20. The zero-order valence-electron chi connectivity index (χ0n) is 13.5. The van der Waals surface area contributed by atoms with Crippen LogP contribution < -0.4 is 5.32 Å². The number of hydrogen-bond acceptors (Lipinski definition) is 3. The second kappa shape index (κ2) is 7.79. The van der Waals surface area contributed by atoms with Crippen molar-refractivity contribution in [2.24, 2.45) is 0 Å². The maximum absolute atomic E-state index is 12.7. The Morgan fingerprint density at radius 2 is 1.67 bits per heavy atom. The van der Waals surface area contributed by atoms with Gasteiger partial charge in [0.1, 0.15) is 0 Å². The Balaban J connectivity index is 2.22. The lowest BCUT2D eigenvalue weighted by atomic mass is 10.1. The van der Waals surface area contributed by atoms with Crippen LogP contribution in [-0.2, 0) is 16.6 Å². The molecule has 7 heteroatoms. The van der Waals surface area contributed by atoms with Crippen LogP contribution in [0.1, 0.15) is 22.8 Å². The number of carbonyl (C=O) groups is 1. The van der Waals surface area contributed by atoms with Crippen LogP contribution in [0.25, 0.3) is 0 Å². The maximum Gasteiger partial charge on any atom is 0.251 e. The molecule has 0 heterocycles. The van der Waals surface area contributed by atoms with Crippen molar-refractivity contribution in [2.75, 3.05) is 13.6 Å². The van der Waals surface area contributed by atoms with E-state index in [1.54, 1.807) is 50.4 Å². The third-order valence-corrected chi connectivity index (χ3v) is 5.79. The van der Waals surface area contributed by atoms with E-state index in [4.69, 9.17) is 11.6 Å². The SMILES string of the molecule is CCN(Cc1ccc(C(=O)NC)cc1)S(=O)(=O)c1ccc(Cl)cc1. The zero-order chi connectivity index (χ0) is 17.7. The van der Waals surface area contributed by atoms with Crippen molar-refractivity contribution in [3.63, 3.8) is 0 Å². The fourth-order valence-corrected chi connectivity index (χ4v) is 3.79. The number of rotatable bonds is 6. The molecule has 0 aliphatic carbocycles. The van der Waals surface area contributed by atoms with Gasteiger partial charge in [0, 0.05) is 30.7 Å². The molecule has 2 rings (SSSR count). The molecule has 0 spiro atoms. The van der Waals surface area contributed by atoms with Gasteiger partial charge in [-0.2, -0.15) is 4.31 Å². The monoisotopic (exact) mass is 366 g/mol. The van der Waals surface area contributed by atoms with E-state index in [9.17, 15) is 13.2 Å². The Hall–Kier alpha value is -1.89. The normalized spacial score (nSPS) is 11.5. The summed E-state index contributed by atoms with van der Waals surface area (Å²) in [4.78, 5) is 11.8. The van der Waals surface area contributed by atoms with Gasteiger partial charge in [0.25, 0.3) is 5.91 Å². The predicted molar refractivity (Wildman–Crippen MR) is 94.6 cm³/mol. The van der Waals surface area contributed by atoms with Gasteiger partial charge in [-0.25, -0.2) is 8.42 Å². The molecule has 2 aromatic rings. The van der Waals surface area contributed by atoms with Crippen LogP contribution in [0.15, 0.2) is 53.4 Å². The van der Waals surface area contributed by atoms with Crippen molar-refractivity contribution < 1.29 is 13.2 Å². The molecule has 2 aromatic carbocycles. The van der Waals surface area contributed by atoms with Crippen LogP contribution >= 0.6 is 11.6 Å². The molecule has 5 nitrogen and oxygen atoms in total. The molecule has 0 radical (unpaired) electrons. The van der Waals surface area contributed by atoms with Gasteiger partial charge in [0.15, 0.2) is 0 Å². The van der Waals surface area contributed by atoms with Crippen LogP contribution in [0.5, 0.6) is 0 Å². The van der Waals surface area contributed by atoms with Crippen molar-refractivity contribution in [3.8, 4) is 0 Å². The Labute approximate surface area is 147 Å². The van der Waals surface area contributed by atoms with Crippen molar-refractivity contribution in [2.45, 2.75) is 18.4 Å². The van der Waals surface area contributed by atoms with Crippen molar-refractivity contribution in [3.05, 3.63) is 64.7 Å². The minimum atomic E-state index is -3.60. The van der Waals surface area contributed by atoms with E-state index >= 15 is 0 Å². The van der Waals surface area contributed by atoms with E-state index in [-0.39, 0.29) is 17.3 Å². The molecule has 0 saturated carbocycles. The van der Waals surface area contributed by atoms with E-state index in [0.29, 0.717) is 17.1 Å². The lowest BCUT2D eigenvalue weighted by Crippen LogP contribution is -2.30. The quantitative estimate of drug-likeness (QED) is 0.854. The summed E-state index contributed by atoms with van der Waals surface area (Å²) >= 11 is 5.82. The second-order valence-electron chi connectivity index (χ2n) is 5.16. The van der Waals surface area contributed by atoms with Gasteiger partial charge in [-0.05, 0) is 42.0 Å². The fourth-order valence-electron chi connectivity index (χ4n) is 2.23. The lowest BCUT2D eigenvalue weighted by molar-refractivity contribution is 0.0963. The average molecular weight is 367 g/mol. The molecule has 1 amide bonds. The molecule has 128 valence electrons. The number of halogens is 1. The average Bonchev–Trinajstić information content (AvgIpc) is 2.59. The molecule has 0 aliphatic rings. The highest BCUT2D eigenvalue weighted by Crippen LogP contribution is 2.20. The molecule has 24 heavy (non-hydrogen) atoms. The fraction of sp³-hybridized carbons (Fsp3) is 0.235. The first-order valence-electron chi connectivity index (χ1n) is 7.45. The zero-order valence-corrected chi connectivity index (χ0v) is 15.1. The Morgan fingerprint density at radius 3 is 2.17 bits per heavy atom. The smallest absolute Gasteiger partial charge is 0.251 e. The van der Waals surface area contributed by atoms with E-state index in [1.807, 2.05) is 0 Å². The summed E-state index contributed by atoms with van der Waals surface area (Å²) in [6.45, 7) is 2.35. The van der Waals surface area contributed by atoms with Crippen LogP contribution in [-0.4, -0.2) is 32.2 Å². The summed E-state index contributed by atoms with van der Waals surface area (Å²) in [7, 11) is -2.04. The van der Waals surface area contributed by atoms with Gasteiger partial charge in [0.2, 0.25) is 10.0 Å². The first kappa shape index (κ1) is 18.4. The first-order valence-corrected chi connectivity index (χ1v) is 9.27. The summed E-state index contributed by atoms with van der Waals surface area (Å²) in [5.74, 6) is -0.178. The standard InChI is InChI=1S/C17H19ClN2O3S/c1-3-20(24(22,23)16-10-8-15(18)9-11-16)12-13-4-6-14(7-5-13)17(21)19-2/h4-11H,3,12H2,1-2H3,(H,19,21). The molecule has 0 aromatic heterocycles. The minimum absolute atomic E-state index is 0.178. The van der Waals surface area contributed by atoms with E-state index in [2.05, 4.69) is 5.32 Å². The number of sulfonamides is 1. The molecule has 0 atom stereocenters. The highest BCUT2D eigenvalue weighted by Gasteiger charge is 2.23. The number of hydrogen-bond donors (Lipinski definition) is 1. The molecule has 0 unspecified atom stereocenters. The summed E-state index contributed by atoms with van der Waals surface area (Å²) in [6.07, 6.45) is 0. The second-order valence-corrected chi connectivity index (χ2v) is 7.54. The first-order chi connectivity index (χ1) is 11.4. The molecule has 0 fully saturated rings. The van der Waals surface area contributed by atoms with Gasteiger partial charge >= 0.3 is 0 Å². The number of nitrogens with zero attached hydrogens (tertiary/aromatic N) is 1. The third-order valence-electron chi connectivity index (χ3n) is 3.61. The van der Waals surface area contributed by atoms with Gasteiger partial charge in [-0.3, -0.25) is 4.79 Å². The maximum atomic E-state index is 12.7. The van der Waals surface area contributed by atoms with Crippen LogP contribution in [0.2, 0.25) is 5.02 Å². The van der Waals surface area contributed by atoms with Crippen LogP contribution in [0.4, 0.5) is 0 Å². The number of nitrogens with one attached hydrogen (secondary N) is 1. The molecule has 0 bridgehead atoms. The van der Waals surface area contributed by atoms with Crippen LogP contribution in [0.3, 0.4) is 0 Å². The highest BCUT2D eigenvalue weighted by molar-refractivity contribution is 7.89. The summed E-state index contributed by atoms with van der Waals surface area (Å²) in [5.41, 5.74) is 1.34. The number of benzene rings is 2. The Bertz CT molecular complexity index is 803. The Kier molecular flexibility index (Phi) is 5.99. The summed E-state index contributed by atoms with van der Waals surface area (Å²) in [5, 5.41) is 3.03. The largest absolute Gasteiger partial charge is 0.355 e. The van der Waals surface area contributed by atoms with E-state index in [1.165, 1.54) is 16.4 Å². The van der Waals surface area contributed by atoms with E-state index < -0.39 is 10.0 Å². The van der Waals surface area contributed by atoms with Gasteiger partial charge in [-0.15, -0.1) is 0 Å². The van der Waals surface area contributed by atoms with Crippen molar-refractivity contribution in [1.82, 2.24) is 9.62 Å². The van der Waals surface area contributed by atoms with Crippen molar-refractivity contribution >= 4 is 27.5 Å². The van der Waals surface area contributed by atoms with E-state index in [0.717, 1.165) is 5.56 Å². The third kappa shape index (κ3) is 4.14. The summed E-state index contributed by atoms with van der Waals surface area (Å²) in [6, 6.07) is 13.0. The number of amides is 1. The molecular formula is C17H19ClN2O3S. The molecule has 0 saturated heterocycles. The van der Waals surface area contributed by atoms with Gasteiger partial charge < -0.3 is 5.32 Å². The van der Waals surface area contributed by atoms with Crippen molar-refractivity contribution in [1.29, 1.82) is 0 Å². The molecule has 0 aliphatic heterocycles. The van der Waals surface area contributed by atoms with Gasteiger partial charge in [-0.1, -0.05) is 30.7 Å². The minimum Gasteiger partial charge on any atom is -0.355 e. The molecular weight excluding hydrogens is 348 g/mol. The molecule has 1 N–H and O–H groups in total. The van der Waals surface area contributed by atoms with Crippen LogP contribution in [0, 0.1) is 0 Å².